The first-order chi connectivity index (χ1) is 9.70. The molecule has 0 radical (unpaired) electrons. The maximum atomic E-state index is 13.2. The Balaban J connectivity index is 2.10. The van der Waals surface area contributed by atoms with Gasteiger partial charge in [-0.3, -0.25) is 0 Å². The fourth-order valence-corrected chi connectivity index (χ4v) is 2.54. The third-order valence-corrected chi connectivity index (χ3v) is 3.82. The predicted molar refractivity (Wildman–Crippen MR) is 82.8 cm³/mol. The van der Waals surface area contributed by atoms with Crippen molar-refractivity contribution >= 4 is 17.4 Å². The molecule has 2 nitrogen and oxygen atoms in total. The third kappa shape index (κ3) is 3.78. The van der Waals surface area contributed by atoms with Crippen molar-refractivity contribution in [3.05, 3.63) is 66.5 Å². The Morgan fingerprint density at radius 1 is 1.25 bits per heavy atom. The molecule has 4 heteroatoms. The van der Waals surface area contributed by atoms with Gasteiger partial charge in [0, 0.05) is 28.4 Å². The van der Waals surface area contributed by atoms with Crippen LogP contribution >= 0.6 is 11.8 Å². The Kier molecular flexibility index (Phi) is 5.07. The summed E-state index contributed by atoms with van der Waals surface area (Å²) in [6, 6.07) is 11.8. The van der Waals surface area contributed by atoms with Gasteiger partial charge in [0.15, 0.2) is 0 Å². The molecule has 0 aromatic heterocycles. The van der Waals surface area contributed by atoms with E-state index in [0.29, 0.717) is 12.1 Å². The first-order valence-corrected chi connectivity index (χ1v) is 7.23. The SMILES string of the molecule is C=CCSc1ccccc1NCc1cc(F)ccc1O. The normalized spacial score (nSPS) is 10.2. The van der Waals surface area contributed by atoms with Crippen molar-refractivity contribution < 1.29 is 9.50 Å². The molecule has 0 saturated carbocycles. The third-order valence-electron chi connectivity index (χ3n) is 2.75. The van der Waals surface area contributed by atoms with Crippen LogP contribution in [-0.2, 0) is 6.54 Å². The van der Waals surface area contributed by atoms with Crippen molar-refractivity contribution in [3.8, 4) is 5.75 Å². The van der Waals surface area contributed by atoms with Gasteiger partial charge in [-0.05, 0) is 30.3 Å². The smallest absolute Gasteiger partial charge is 0.123 e. The van der Waals surface area contributed by atoms with Crippen molar-refractivity contribution in [2.45, 2.75) is 11.4 Å². The maximum absolute atomic E-state index is 13.2. The quantitative estimate of drug-likeness (QED) is 0.610. The number of rotatable bonds is 6. The first kappa shape index (κ1) is 14.5. The molecule has 2 aromatic rings. The number of nitrogens with one attached hydrogen (secondary N) is 1. The number of phenols is 1. The molecule has 0 amide bonds. The Morgan fingerprint density at radius 2 is 2.05 bits per heavy atom. The first-order valence-electron chi connectivity index (χ1n) is 6.24. The average molecular weight is 289 g/mol. The largest absolute Gasteiger partial charge is 0.508 e. The van der Waals surface area contributed by atoms with Crippen LogP contribution in [0.4, 0.5) is 10.1 Å². The van der Waals surface area contributed by atoms with Crippen LogP contribution in [0.2, 0.25) is 0 Å². The van der Waals surface area contributed by atoms with Crippen molar-refractivity contribution in [1.29, 1.82) is 0 Å². The highest BCUT2D eigenvalue weighted by Gasteiger charge is 2.05. The molecule has 0 atom stereocenters. The standard InChI is InChI=1S/C16H16FNOS/c1-2-9-20-16-6-4-3-5-14(16)18-11-12-10-13(17)7-8-15(12)19/h2-8,10,18-19H,1,9,11H2. The second-order valence-corrected chi connectivity index (χ2v) is 5.28. The van der Waals surface area contributed by atoms with Crippen LogP contribution in [0, 0.1) is 5.82 Å². The van der Waals surface area contributed by atoms with Crippen molar-refractivity contribution in [2.75, 3.05) is 11.1 Å². The van der Waals surface area contributed by atoms with Gasteiger partial charge in [0.2, 0.25) is 0 Å². The summed E-state index contributed by atoms with van der Waals surface area (Å²) in [6.07, 6.45) is 1.85. The molecule has 0 aliphatic carbocycles. The Labute approximate surface area is 122 Å². The van der Waals surface area contributed by atoms with Gasteiger partial charge in [0.25, 0.3) is 0 Å². The zero-order valence-electron chi connectivity index (χ0n) is 11.0. The zero-order chi connectivity index (χ0) is 14.4. The molecule has 0 aliphatic heterocycles. The van der Waals surface area contributed by atoms with Gasteiger partial charge in [-0.15, -0.1) is 18.3 Å². The summed E-state index contributed by atoms with van der Waals surface area (Å²) in [5, 5.41) is 12.9. The molecule has 0 heterocycles. The number of anilines is 1. The van der Waals surface area contributed by atoms with Crippen molar-refractivity contribution in [1.82, 2.24) is 0 Å². The number of hydrogen-bond donors (Lipinski definition) is 2. The van der Waals surface area contributed by atoms with Crippen molar-refractivity contribution in [3.63, 3.8) is 0 Å². The minimum absolute atomic E-state index is 0.0927. The Hall–Kier alpha value is -1.94. The number of para-hydroxylation sites is 1. The summed E-state index contributed by atoms with van der Waals surface area (Å²) in [5.74, 6) is 0.563. The van der Waals surface area contributed by atoms with Crippen LogP contribution in [0.5, 0.6) is 5.75 Å². The van der Waals surface area contributed by atoms with Gasteiger partial charge in [0.1, 0.15) is 11.6 Å². The van der Waals surface area contributed by atoms with E-state index >= 15 is 0 Å². The van der Waals surface area contributed by atoms with Gasteiger partial charge >= 0.3 is 0 Å². The number of phenolic OH excluding ortho intramolecular Hbond substituents is 1. The second-order valence-electron chi connectivity index (χ2n) is 4.22. The molecule has 0 unspecified atom stereocenters. The minimum atomic E-state index is -0.353. The lowest BCUT2D eigenvalue weighted by molar-refractivity contribution is 0.466. The number of aromatic hydroxyl groups is 1. The van der Waals surface area contributed by atoms with E-state index in [9.17, 15) is 9.50 Å². The monoisotopic (exact) mass is 289 g/mol. The minimum Gasteiger partial charge on any atom is -0.508 e. The molecule has 0 fully saturated rings. The van der Waals surface area contributed by atoms with Crippen molar-refractivity contribution in [2.24, 2.45) is 0 Å². The summed E-state index contributed by atoms with van der Waals surface area (Å²) in [7, 11) is 0. The lowest BCUT2D eigenvalue weighted by atomic mass is 10.2. The molecule has 0 saturated heterocycles. The molecule has 2 aromatic carbocycles. The highest BCUT2D eigenvalue weighted by atomic mass is 32.2. The van der Waals surface area contributed by atoms with E-state index in [1.54, 1.807) is 11.8 Å². The molecular formula is C16H16FNOS. The fraction of sp³-hybridized carbons (Fsp3) is 0.125. The molecular weight excluding hydrogens is 273 g/mol. The van der Waals surface area contributed by atoms with Gasteiger partial charge < -0.3 is 10.4 Å². The van der Waals surface area contributed by atoms with E-state index in [4.69, 9.17) is 0 Å². The van der Waals surface area contributed by atoms with Crippen LogP contribution in [0.25, 0.3) is 0 Å². The lowest BCUT2D eigenvalue weighted by Crippen LogP contribution is -2.01. The highest BCUT2D eigenvalue weighted by Crippen LogP contribution is 2.28. The van der Waals surface area contributed by atoms with E-state index in [-0.39, 0.29) is 11.6 Å². The molecule has 0 spiro atoms. The number of benzene rings is 2. The van der Waals surface area contributed by atoms with Gasteiger partial charge in [-0.1, -0.05) is 18.2 Å². The van der Waals surface area contributed by atoms with Crippen LogP contribution in [0.1, 0.15) is 5.56 Å². The summed E-state index contributed by atoms with van der Waals surface area (Å²) >= 11 is 1.67. The van der Waals surface area contributed by atoms with E-state index in [0.717, 1.165) is 16.3 Å². The summed E-state index contributed by atoms with van der Waals surface area (Å²) in [6.45, 7) is 4.07. The van der Waals surface area contributed by atoms with Crippen LogP contribution in [0.3, 0.4) is 0 Å². The summed E-state index contributed by atoms with van der Waals surface area (Å²) in [4.78, 5) is 1.10. The average Bonchev–Trinajstić information content (AvgIpc) is 2.47. The van der Waals surface area contributed by atoms with Gasteiger partial charge in [-0.25, -0.2) is 4.39 Å². The summed E-state index contributed by atoms with van der Waals surface area (Å²) in [5.41, 5.74) is 1.50. The molecule has 0 bridgehead atoms. The van der Waals surface area contributed by atoms with Crippen LogP contribution in [0.15, 0.2) is 60.0 Å². The lowest BCUT2D eigenvalue weighted by Gasteiger charge is -2.12. The predicted octanol–water partition coefficient (Wildman–Crippen LogP) is 4.42. The topological polar surface area (TPSA) is 32.3 Å². The van der Waals surface area contributed by atoms with Crippen LogP contribution < -0.4 is 5.32 Å². The molecule has 20 heavy (non-hydrogen) atoms. The molecule has 2 N–H and O–H groups in total. The Morgan fingerprint density at radius 3 is 2.85 bits per heavy atom. The molecule has 104 valence electrons. The van der Waals surface area contributed by atoms with E-state index < -0.39 is 0 Å². The summed E-state index contributed by atoms with van der Waals surface area (Å²) < 4.78 is 13.2. The zero-order valence-corrected chi connectivity index (χ0v) is 11.8. The fourth-order valence-electron chi connectivity index (χ4n) is 1.77. The van der Waals surface area contributed by atoms with E-state index in [1.807, 2.05) is 30.3 Å². The van der Waals surface area contributed by atoms with E-state index in [2.05, 4.69) is 11.9 Å². The number of halogens is 1. The molecule has 0 aliphatic rings. The van der Waals surface area contributed by atoms with Crippen LogP contribution in [-0.4, -0.2) is 10.9 Å². The number of hydrogen-bond acceptors (Lipinski definition) is 3. The van der Waals surface area contributed by atoms with Gasteiger partial charge in [0.05, 0.1) is 0 Å². The maximum Gasteiger partial charge on any atom is 0.123 e. The van der Waals surface area contributed by atoms with E-state index in [1.165, 1.54) is 18.2 Å². The van der Waals surface area contributed by atoms with Gasteiger partial charge in [-0.2, -0.15) is 0 Å². The second kappa shape index (κ2) is 7.01. The Bertz CT molecular complexity index is 601. The highest BCUT2D eigenvalue weighted by molar-refractivity contribution is 7.99. The number of thioether (sulfide) groups is 1. The molecule has 2 rings (SSSR count).